The summed E-state index contributed by atoms with van der Waals surface area (Å²) in [6, 6.07) is 7.24. The minimum atomic E-state index is -3.72. The zero-order valence-corrected chi connectivity index (χ0v) is 13.2. The standard InChI is InChI=1S/C14H14N2O6S/c1-22-10-5-3-9(4-6-10)14-11(23(2,20)21)7-12(17)16(15-14)8-13(18)19/h3-7H,8H2,1-2H3,(H,18,19). The van der Waals surface area contributed by atoms with Crippen LogP contribution in [0.15, 0.2) is 40.0 Å². The van der Waals surface area contributed by atoms with Gasteiger partial charge in [-0.25, -0.2) is 13.1 Å². The van der Waals surface area contributed by atoms with Gasteiger partial charge < -0.3 is 9.84 Å². The van der Waals surface area contributed by atoms with Gasteiger partial charge in [0.25, 0.3) is 5.56 Å². The number of ether oxygens (including phenoxy) is 1. The Kier molecular flexibility index (Phi) is 4.50. The topological polar surface area (TPSA) is 116 Å². The maximum Gasteiger partial charge on any atom is 0.325 e. The van der Waals surface area contributed by atoms with Gasteiger partial charge in [-0.3, -0.25) is 9.59 Å². The van der Waals surface area contributed by atoms with E-state index in [1.807, 2.05) is 0 Å². The molecule has 2 aromatic rings. The lowest BCUT2D eigenvalue weighted by Crippen LogP contribution is -2.28. The van der Waals surface area contributed by atoms with Gasteiger partial charge in [-0.15, -0.1) is 0 Å². The number of sulfone groups is 1. The summed E-state index contributed by atoms with van der Waals surface area (Å²) in [7, 11) is -2.23. The van der Waals surface area contributed by atoms with Crippen molar-refractivity contribution in [1.82, 2.24) is 9.78 Å². The van der Waals surface area contributed by atoms with Crippen LogP contribution in [0, 0.1) is 0 Å². The molecular weight excluding hydrogens is 324 g/mol. The molecule has 2 rings (SSSR count). The molecule has 0 radical (unpaired) electrons. The molecule has 0 amide bonds. The van der Waals surface area contributed by atoms with Crippen LogP contribution in [0.25, 0.3) is 11.3 Å². The number of rotatable bonds is 5. The van der Waals surface area contributed by atoms with Gasteiger partial charge in [-0.1, -0.05) is 0 Å². The highest BCUT2D eigenvalue weighted by atomic mass is 32.2. The Morgan fingerprint density at radius 3 is 2.39 bits per heavy atom. The van der Waals surface area contributed by atoms with Gasteiger partial charge in [0.2, 0.25) is 0 Å². The van der Waals surface area contributed by atoms with E-state index < -0.39 is 27.9 Å². The Morgan fingerprint density at radius 2 is 1.91 bits per heavy atom. The molecule has 1 N–H and O–H groups in total. The van der Waals surface area contributed by atoms with Crippen molar-refractivity contribution >= 4 is 15.8 Å². The smallest absolute Gasteiger partial charge is 0.325 e. The average Bonchev–Trinajstić information content (AvgIpc) is 2.47. The molecular formula is C14H14N2O6S. The van der Waals surface area contributed by atoms with Gasteiger partial charge >= 0.3 is 5.97 Å². The molecule has 0 saturated heterocycles. The lowest BCUT2D eigenvalue weighted by atomic mass is 10.1. The molecule has 0 aliphatic rings. The molecule has 122 valence electrons. The third kappa shape index (κ3) is 3.75. The van der Waals surface area contributed by atoms with Gasteiger partial charge in [-0.05, 0) is 24.3 Å². The van der Waals surface area contributed by atoms with Crippen molar-refractivity contribution in [3.63, 3.8) is 0 Å². The van der Waals surface area contributed by atoms with Crippen LogP contribution in [0.2, 0.25) is 0 Å². The number of carboxylic acids is 1. The number of hydrogen-bond donors (Lipinski definition) is 1. The van der Waals surface area contributed by atoms with Gasteiger partial charge in [0.1, 0.15) is 22.9 Å². The summed E-state index contributed by atoms with van der Waals surface area (Å²) in [5.74, 6) is -0.694. The minimum absolute atomic E-state index is 0.0102. The molecule has 9 heteroatoms. The fraction of sp³-hybridized carbons (Fsp3) is 0.214. The maximum atomic E-state index is 11.9. The maximum absolute atomic E-state index is 11.9. The summed E-state index contributed by atoms with van der Waals surface area (Å²) in [5, 5.41) is 12.7. The summed E-state index contributed by atoms with van der Waals surface area (Å²) in [6.45, 7) is -0.661. The number of carbonyl (C=O) groups is 1. The predicted octanol–water partition coefficient (Wildman–Crippen LogP) is 0.407. The van der Waals surface area contributed by atoms with Gasteiger partial charge in [0, 0.05) is 17.9 Å². The summed E-state index contributed by atoms with van der Waals surface area (Å²) in [5.41, 5.74) is -0.369. The Morgan fingerprint density at radius 1 is 1.30 bits per heavy atom. The molecule has 0 fully saturated rings. The highest BCUT2D eigenvalue weighted by Crippen LogP contribution is 2.25. The van der Waals surface area contributed by atoms with E-state index in [-0.39, 0.29) is 10.6 Å². The second-order valence-corrected chi connectivity index (χ2v) is 6.73. The van der Waals surface area contributed by atoms with Gasteiger partial charge in [0.15, 0.2) is 9.84 Å². The van der Waals surface area contributed by atoms with Crippen LogP contribution in [0.3, 0.4) is 0 Å². The number of carboxylic acid groups (broad SMARTS) is 1. The Balaban J connectivity index is 2.71. The first kappa shape index (κ1) is 16.7. The zero-order chi connectivity index (χ0) is 17.2. The molecule has 1 aromatic heterocycles. The summed E-state index contributed by atoms with van der Waals surface area (Å²) < 4.78 is 29.5. The predicted molar refractivity (Wildman–Crippen MR) is 81.2 cm³/mol. The van der Waals surface area contributed by atoms with E-state index in [1.54, 1.807) is 24.3 Å². The van der Waals surface area contributed by atoms with E-state index >= 15 is 0 Å². The number of methoxy groups -OCH3 is 1. The summed E-state index contributed by atoms with van der Waals surface area (Å²) in [6.07, 6.45) is 0.956. The first-order chi connectivity index (χ1) is 10.7. The van der Waals surface area contributed by atoms with Crippen molar-refractivity contribution < 1.29 is 23.1 Å². The second-order valence-electron chi connectivity index (χ2n) is 4.75. The van der Waals surface area contributed by atoms with E-state index in [4.69, 9.17) is 9.84 Å². The Bertz CT molecular complexity index is 900. The molecule has 0 bridgehead atoms. The average molecular weight is 338 g/mol. The van der Waals surface area contributed by atoms with Crippen molar-refractivity contribution in [2.75, 3.05) is 13.4 Å². The van der Waals surface area contributed by atoms with Crippen molar-refractivity contribution in [3.05, 3.63) is 40.7 Å². The van der Waals surface area contributed by atoms with Crippen LogP contribution in [-0.2, 0) is 21.2 Å². The lowest BCUT2D eigenvalue weighted by Gasteiger charge is -2.10. The van der Waals surface area contributed by atoms with Gasteiger partial charge in [-0.2, -0.15) is 5.10 Å². The summed E-state index contributed by atoms with van der Waals surface area (Å²) >= 11 is 0. The molecule has 8 nitrogen and oxygen atoms in total. The summed E-state index contributed by atoms with van der Waals surface area (Å²) in [4.78, 5) is 22.4. The Labute approximate surface area is 131 Å². The van der Waals surface area contributed by atoms with Crippen molar-refractivity contribution in [1.29, 1.82) is 0 Å². The number of nitrogens with zero attached hydrogens (tertiary/aromatic N) is 2. The lowest BCUT2D eigenvalue weighted by molar-refractivity contribution is -0.138. The molecule has 0 saturated carbocycles. The fourth-order valence-electron chi connectivity index (χ4n) is 1.95. The van der Waals surface area contributed by atoms with Gasteiger partial charge in [0.05, 0.1) is 7.11 Å². The fourth-order valence-corrected chi connectivity index (χ4v) is 2.77. The quantitative estimate of drug-likeness (QED) is 0.839. The number of hydrogen-bond acceptors (Lipinski definition) is 6. The van der Waals surface area contributed by atoms with E-state index in [9.17, 15) is 18.0 Å². The zero-order valence-electron chi connectivity index (χ0n) is 12.4. The van der Waals surface area contributed by atoms with E-state index in [1.165, 1.54) is 7.11 Å². The van der Waals surface area contributed by atoms with E-state index in [0.29, 0.717) is 16.0 Å². The molecule has 0 atom stereocenters. The Hall–Kier alpha value is -2.68. The first-order valence-electron chi connectivity index (χ1n) is 6.41. The number of aliphatic carboxylic acids is 1. The third-order valence-electron chi connectivity index (χ3n) is 3.01. The molecule has 1 aromatic carbocycles. The van der Waals surface area contributed by atoms with Crippen LogP contribution in [0.4, 0.5) is 0 Å². The first-order valence-corrected chi connectivity index (χ1v) is 8.30. The largest absolute Gasteiger partial charge is 0.497 e. The number of benzene rings is 1. The van der Waals surface area contributed by atoms with Crippen molar-refractivity contribution in [2.24, 2.45) is 0 Å². The molecule has 1 heterocycles. The molecule has 0 unspecified atom stereocenters. The van der Waals surface area contributed by atoms with Crippen LogP contribution in [-0.4, -0.2) is 42.6 Å². The van der Waals surface area contributed by atoms with E-state index in [0.717, 1.165) is 12.3 Å². The van der Waals surface area contributed by atoms with Crippen LogP contribution >= 0.6 is 0 Å². The molecule has 0 spiro atoms. The van der Waals surface area contributed by atoms with Crippen LogP contribution < -0.4 is 10.3 Å². The number of aromatic nitrogens is 2. The normalized spacial score (nSPS) is 11.2. The minimum Gasteiger partial charge on any atom is -0.497 e. The highest BCUT2D eigenvalue weighted by Gasteiger charge is 2.20. The van der Waals surface area contributed by atoms with Crippen molar-refractivity contribution in [3.8, 4) is 17.0 Å². The van der Waals surface area contributed by atoms with Crippen LogP contribution in [0.1, 0.15) is 0 Å². The van der Waals surface area contributed by atoms with Crippen molar-refractivity contribution in [2.45, 2.75) is 11.4 Å². The molecule has 0 aliphatic heterocycles. The molecule has 0 aliphatic carbocycles. The van der Waals surface area contributed by atoms with E-state index in [2.05, 4.69) is 5.10 Å². The third-order valence-corrected chi connectivity index (χ3v) is 4.12. The SMILES string of the molecule is COc1ccc(-c2nn(CC(=O)O)c(=O)cc2S(C)(=O)=O)cc1. The second kappa shape index (κ2) is 6.21. The monoisotopic (exact) mass is 338 g/mol. The van der Waals surface area contributed by atoms with Crippen LogP contribution in [0.5, 0.6) is 5.75 Å². The highest BCUT2D eigenvalue weighted by molar-refractivity contribution is 7.90. The molecule has 23 heavy (non-hydrogen) atoms.